The average molecular weight is 520 g/mol. The summed E-state index contributed by atoms with van der Waals surface area (Å²) < 4.78 is 11.8. The molecule has 2 aliphatic rings. The number of β-lactam (4-membered cyclic amide) rings is 1. The van der Waals surface area contributed by atoms with Gasteiger partial charge in [0.05, 0.1) is 13.2 Å². The van der Waals surface area contributed by atoms with Gasteiger partial charge in [0.2, 0.25) is 5.91 Å². The molecule has 6 aromatic carbocycles. The van der Waals surface area contributed by atoms with Gasteiger partial charge in [-0.25, -0.2) is 0 Å². The van der Waals surface area contributed by atoms with Gasteiger partial charge in [-0.1, -0.05) is 84.9 Å². The zero-order valence-corrected chi connectivity index (χ0v) is 21.9. The summed E-state index contributed by atoms with van der Waals surface area (Å²) in [6.07, 6.45) is 0. The van der Waals surface area contributed by atoms with Crippen molar-refractivity contribution in [1.29, 1.82) is 0 Å². The van der Waals surface area contributed by atoms with E-state index >= 15 is 0 Å². The SMILES string of the molecule is COc1ccc(N2C(=O)C3(c4ccccc4Oc4ccccc43)C2c2c3ccccc3cc3ccccc23)cc1. The third kappa shape index (κ3) is 2.93. The second-order valence-electron chi connectivity index (χ2n) is 10.4. The van der Waals surface area contributed by atoms with Crippen LogP contribution in [0.2, 0.25) is 0 Å². The van der Waals surface area contributed by atoms with Gasteiger partial charge < -0.3 is 14.4 Å². The molecule has 2 aliphatic heterocycles. The Labute approximate surface area is 232 Å². The highest BCUT2D eigenvalue weighted by atomic mass is 16.5. The molecule has 0 aliphatic carbocycles. The van der Waals surface area contributed by atoms with E-state index in [2.05, 4.69) is 66.7 Å². The maximum atomic E-state index is 14.9. The third-order valence-corrected chi connectivity index (χ3v) is 8.51. The second-order valence-corrected chi connectivity index (χ2v) is 10.4. The molecule has 4 heteroatoms. The molecule has 0 saturated carbocycles. The van der Waals surface area contributed by atoms with Crippen LogP contribution in [0, 0.1) is 0 Å². The van der Waals surface area contributed by atoms with Crippen LogP contribution in [0.25, 0.3) is 21.5 Å². The Balaban J connectivity index is 1.51. The van der Waals surface area contributed by atoms with E-state index in [0.717, 1.165) is 61.2 Å². The van der Waals surface area contributed by atoms with E-state index in [1.54, 1.807) is 7.11 Å². The first-order chi connectivity index (χ1) is 19.7. The van der Waals surface area contributed by atoms with E-state index in [-0.39, 0.29) is 11.9 Å². The van der Waals surface area contributed by atoms with Crippen molar-refractivity contribution in [2.24, 2.45) is 0 Å². The minimum atomic E-state index is -0.960. The largest absolute Gasteiger partial charge is 0.497 e. The van der Waals surface area contributed by atoms with Crippen molar-refractivity contribution in [3.05, 3.63) is 144 Å². The highest BCUT2D eigenvalue weighted by molar-refractivity contribution is 6.16. The lowest BCUT2D eigenvalue weighted by molar-refractivity contribution is -0.131. The normalized spacial score (nSPS) is 16.8. The fourth-order valence-corrected chi connectivity index (χ4v) is 6.80. The number of carbonyl (C=O) groups excluding carboxylic acids is 1. The number of hydrogen-bond donors (Lipinski definition) is 0. The van der Waals surface area contributed by atoms with Gasteiger partial charge in [0, 0.05) is 16.8 Å². The number of amides is 1. The lowest BCUT2D eigenvalue weighted by Gasteiger charge is -2.58. The van der Waals surface area contributed by atoms with Crippen LogP contribution in [0.3, 0.4) is 0 Å². The van der Waals surface area contributed by atoms with E-state index in [1.807, 2.05) is 65.6 Å². The van der Waals surface area contributed by atoms with Gasteiger partial charge in [0.15, 0.2) is 0 Å². The lowest BCUT2D eigenvalue weighted by atomic mass is 9.57. The number of hydrogen-bond acceptors (Lipinski definition) is 3. The highest BCUT2D eigenvalue weighted by Crippen LogP contribution is 2.64. The number of carbonyl (C=O) groups is 1. The predicted octanol–water partition coefficient (Wildman–Crippen LogP) is 8.18. The first-order valence-corrected chi connectivity index (χ1v) is 13.5. The van der Waals surface area contributed by atoms with Crippen LogP contribution in [0.1, 0.15) is 22.7 Å². The number of anilines is 1. The van der Waals surface area contributed by atoms with E-state index in [1.165, 1.54) is 0 Å². The van der Waals surface area contributed by atoms with Crippen molar-refractivity contribution >= 4 is 33.1 Å². The molecule has 4 nitrogen and oxygen atoms in total. The number of methoxy groups -OCH3 is 1. The van der Waals surface area contributed by atoms with Crippen LogP contribution in [0.5, 0.6) is 17.2 Å². The standard InChI is InChI=1S/C36H25NO3/c1-39-26-20-18-25(19-21-26)37-34(33-27-12-4-2-10-23(27)22-24-11-3-5-13-28(24)33)36(35(37)38)29-14-6-8-16-31(29)40-32-17-9-7-15-30(32)36/h2-22,34H,1H3. The molecule has 1 amide bonds. The fraction of sp³-hybridized carbons (Fsp3) is 0.0833. The van der Waals surface area contributed by atoms with Gasteiger partial charge in [0.25, 0.3) is 0 Å². The van der Waals surface area contributed by atoms with Gasteiger partial charge in [0.1, 0.15) is 22.7 Å². The molecule has 1 atom stereocenters. The number of benzene rings is 6. The van der Waals surface area contributed by atoms with Crippen LogP contribution < -0.4 is 14.4 Å². The predicted molar refractivity (Wildman–Crippen MR) is 158 cm³/mol. The Hall–Kier alpha value is -5.09. The van der Waals surface area contributed by atoms with Crippen molar-refractivity contribution in [3.8, 4) is 17.2 Å². The third-order valence-electron chi connectivity index (χ3n) is 8.51. The highest BCUT2D eigenvalue weighted by Gasteiger charge is 2.67. The summed E-state index contributed by atoms with van der Waals surface area (Å²) in [5.41, 5.74) is 2.80. The first-order valence-electron chi connectivity index (χ1n) is 13.5. The van der Waals surface area contributed by atoms with Gasteiger partial charge in [-0.15, -0.1) is 0 Å². The summed E-state index contributed by atoms with van der Waals surface area (Å²) in [5.74, 6) is 2.22. The molecule has 6 aromatic rings. The van der Waals surface area contributed by atoms with Crippen LogP contribution in [-0.4, -0.2) is 13.0 Å². The molecule has 1 unspecified atom stereocenters. The van der Waals surface area contributed by atoms with E-state index < -0.39 is 5.41 Å². The second kappa shape index (κ2) is 8.45. The van der Waals surface area contributed by atoms with E-state index in [4.69, 9.17) is 9.47 Å². The molecule has 192 valence electrons. The van der Waals surface area contributed by atoms with Crippen LogP contribution in [0.4, 0.5) is 5.69 Å². The minimum absolute atomic E-state index is 0.0304. The molecule has 0 aromatic heterocycles. The van der Waals surface area contributed by atoms with E-state index in [0.29, 0.717) is 0 Å². The van der Waals surface area contributed by atoms with Gasteiger partial charge in [-0.05, 0) is 69.6 Å². The Kier molecular flexibility index (Phi) is 4.83. The maximum absolute atomic E-state index is 14.9. The summed E-state index contributed by atoms with van der Waals surface area (Å²) in [6.45, 7) is 0. The fourth-order valence-electron chi connectivity index (χ4n) is 6.80. The van der Waals surface area contributed by atoms with Gasteiger partial charge >= 0.3 is 0 Å². The molecule has 8 rings (SSSR count). The van der Waals surface area contributed by atoms with Crippen molar-refractivity contribution < 1.29 is 14.3 Å². The van der Waals surface area contributed by atoms with Crippen LogP contribution in [0.15, 0.2) is 127 Å². The summed E-state index contributed by atoms with van der Waals surface area (Å²) in [5, 5.41) is 4.57. The molecule has 0 N–H and O–H groups in total. The molecule has 40 heavy (non-hydrogen) atoms. The zero-order valence-electron chi connectivity index (χ0n) is 21.9. The molecule has 0 bridgehead atoms. The Morgan fingerprint density at radius 1 is 0.675 bits per heavy atom. The summed E-state index contributed by atoms with van der Waals surface area (Å²) >= 11 is 0. The van der Waals surface area contributed by atoms with Crippen molar-refractivity contribution in [1.82, 2.24) is 0 Å². The first kappa shape index (κ1) is 22.9. The quantitative estimate of drug-likeness (QED) is 0.175. The molecular formula is C36H25NO3. The molecule has 1 fully saturated rings. The van der Waals surface area contributed by atoms with E-state index in [9.17, 15) is 4.79 Å². The lowest BCUT2D eigenvalue weighted by Crippen LogP contribution is -2.67. The number of fused-ring (bicyclic) bond motifs is 6. The molecular weight excluding hydrogens is 494 g/mol. The van der Waals surface area contributed by atoms with Gasteiger partial charge in [-0.2, -0.15) is 0 Å². The Morgan fingerprint density at radius 2 is 1.20 bits per heavy atom. The summed E-state index contributed by atoms with van der Waals surface area (Å²) in [7, 11) is 1.65. The molecule has 1 saturated heterocycles. The Morgan fingerprint density at radius 3 is 1.77 bits per heavy atom. The smallest absolute Gasteiger partial charge is 0.245 e. The minimum Gasteiger partial charge on any atom is -0.497 e. The molecule has 2 heterocycles. The van der Waals surface area contributed by atoms with Crippen LogP contribution >= 0.6 is 0 Å². The Bertz CT molecular complexity index is 1860. The molecule has 0 radical (unpaired) electrons. The monoisotopic (exact) mass is 519 g/mol. The van der Waals surface area contributed by atoms with Gasteiger partial charge in [-0.3, -0.25) is 4.79 Å². The number of para-hydroxylation sites is 2. The number of nitrogens with zero attached hydrogens (tertiary/aromatic N) is 1. The van der Waals surface area contributed by atoms with Crippen molar-refractivity contribution in [2.75, 3.05) is 12.0 Å². The topological polar surface area (TPSA) is 38.8 Å². The zero-order chi connectivity index (χ0) is 26.8. The number of ether oxygens (including phenoxy) is 2. The number of rotatable bonds is 3. The van der Waals surface area contributed by atoms with Crippen LogP contribution in [-0.2, 0) is 10.2 Å². The molecule has 1 spiro atoms. The van der Waals surface area contributed by atoms with Crippen molar-refractivity contribution in [3.63, 3.8) is 0 Å². The summed E-state index contributed by atoms with van der Waals surface area (Å²) in [4.78, 5) is 16.9. The average Bonchev–Trinajstić information content (AvgIpc) is 3.01. The maximum Gasteiger partial charge on any atom is 0.245 e. The summed E-state index contributed by atoms with van der Waals surface area (Å²) in [6, 6.07) is 42.6. The van der Waals surface area contributed by atoms with Crippen molar-refractivity contribution in [2.45, 2.75) is 11.5 Å².